The van der Waals surface area contributed by atoms with Crippen LogP contribution < -0.4 is 10.9 Å². The number of amides is 1. The minimum absolute atomic E-state index is 0.265. The van der Waals surface area contributed by atoms with Gasteiger partial charge in [-0.25, -0.2) is 0 Å². The van der Waals surface area contributed by atoms with E-state index in [1.54, 1.807) is 30.6 Å². The minimum Gasteiger partial charge on any atom is -0.339 e. The van der Waals surface area contributed by atoms with Crippen LogP contribution in [0.4, 0.5) is 5.69 Å². The summed E-state index contributed by atoms with van der Waals surface area (Å²) >= 11 is 0. The van der Waals surface area contributed by atoms with Crippen molar-refractivity contribution in [3.05, 3.63) is 94.5 Å². The average molecular weight is 373 g/mol. The molecular weight excluding hydrogens is 358 g/mol. The van der Waals surface area contributed by atoms with E-state index in [9.17, 15) is 9.59 Å². The number of nitrogens with zero attached hydrogens (tertiary/aromatic N) is 3. The molecule has 8 heteroatoms. The van der Waals surface area contributed by atoms with Crippen LogP contribution in [0.1, 0.15) is 21.8 Å². The fourth-order valence-corrected chi connectivity index (χ4v) is 2.65. The minimum atomic E-state index is -0.327. The van der Waals surface area contributed by atoms with Gasteiger partial charge in [-0.3, -0.25) is 14.6 Å². The summed E-state index contributed by atoms with van der Waals surface area (Å²) in [6.07, 6.45) is 5.06. The molecule has 0 saturated heterocycles. The molecule has 0 atom stereocenters. The van der Waals surface area contributed by atoms with Crippen LogP contribution in [-0.2, 0) is 6.42 Å². The Morgan fingerprint density at radius 1 is 1.07 bits per heavy atom. The molecule has 1 amide bonds. The number of hydrogen-bond acceptors (Lipinski definition) is 6. The van der Waals surface area contributed by atoms with E-state index < -0.39 is 0 Å². The van der Waals surface area contributed by atoms with Crippen molar-refractivity contribution >= 4 is 11.6 Å². The van der Waals surface area contributed by atoms with Gasteiger partial charge in [0.25, 0.3) is 5.91 Å². The number of pyridine rings is 2. The van der Waals surface area contributed by atoms with E-state index in [4.69, 9.17) is 4.52 Å². The third kappa shape index (κ3) is 3.85. The fourth-order valence-electron chi connectivity index (χ4n) is 2.65. The molecule has 0 aliphatic heterocycles. The zero-order chi connectivity index (χ0) is 19.3. The molecule has 4 aromatic rings. The SMILES string of the molecule is O=C(Nc1ccccc1Cc1nc(-c2ccncc2)no1)c1ccc(=O)[nH]c1. The Labute approximate surface area is 159 Å². The normalized spacial score (nSPS) is 10.6. The first-order chi connectivity index (χ1) is 13.7. The van der Waals surface area contributed by atoms with Gasteiger partial charge in [-0.15, -0.1) is 0 Å². The molecule has 0 aliphatic carbocycles. The van der Waals surface area contributed by atoms with Gasteiger partial charge in [0.1, 0.15) is 0 Å². The average Bonchev–Trinajstić information content (AvgIpc) is 3.19. The van der Waals surface area contributed by atoms with Gasteiger partial charge < -0.3 is 14.8 Å². The lowest BCUT2D eigenvalue weighted by atomic mass is 10.1. The van der Waals surface area contributed by atoms with Crippen LogP contribution in [-0.4, -0.2) is 26.0 Å². The summed E-state index contributed by atoms with van der Waals surface area (Å²) in [5.74, 6) is 0.580. The predicted molar refractivity (Wildman–Crippen MR) is 102 cm³/mol. The highest BCUT2D eigenvalue weighted by molar-refractivity contribution is 6.04. The number of benzene rings is 1. The van der Waals surface area contributed by atoms with Crippen molar-refractivity contribution in [2.45, 2.75) is 6.42 Å². The van der Waals surface area contributed by atoms with Gasteiger partial charge in [0.05, 0.1) is 12.0 Å². The largest absolute Gasteiger partial charge is 0.339 e. The van der Waals surface area contributed by atoms with Crippen molar-refractivity contribution in [1.82, 2.24) is 20.1 Å². The predicted octanol–water partition coefficient (Wildman–Crippen LogP) is 2.66. The van der Waals surface area contributed by atoms with Crippen LogP contribution >= 0.6 is 0 Å². The molecule has 8 nitrogen and oxygen atoms in total. The lowest BCUT2D eigenvalue weighted by Crippen LogP contribution is -2.15. The first kappa shape index (κ1) is 17.3. The molecule has 28 heavy (non-hydrogen) atoms. The van der Waals surface area contributed by atoms with E-state index >= 15 is 0 Å². The molecule has 3 heterocycles. The van der Waals surface area contributed by atoms with Crippen LogP contribution in [0.15, 0.2) is 76.4 Å². The number of hydrogen-bond donors (Lipinski definition) is 2. The van der Waals surface area contributed by atoms with Crippen molar-refractivity contribution in [3.8, 4) is 11.4 Å². The maximum absolute atomic E-state index is 12.4. The lowest BCUT2D eigenvalue weighted by Gasteiger charge is -2.09. The second-order valence-corrected chi connectivity index (χ2v) is 5.98. The van der Waals surface area contributed by atoms with Gasteiger partial charge in [-0.2, -0.15) is 4.98 Å². The van der Waals surface area contributed by atoms with Gasteiger partial charge in [0.15, 0.2) is 0 Å². The van der Waals surface area contributed by atoms with Crippen molar-refractivity contribution in [2.24, 2.45) is 0 Å². The third-order valence-corrected chi connectivity index (χ3v) is 4.06. The number of anilines is 1. The maximum atomic E-state index is 12.4. The van der Waals surface area contributed by atoms with Crippen LogP contribution in [0.3, 0.4) is 0 Å². The van der Waals surface area contributed by atoms with Gasteiger partial charge in [0, 0.05) is 35.9 Å². The summed E-state index contributed by atoms with van der Waals surface area (Å²) in [6, 6.07) is 13.7. The number of carbonyl (C=O) groups is 1. The van der Waals surface area contributed by atoms with Gasteiger partial charge >= 0.3 is 0 Å². The Morgan fingerprint density at radius 2 is 1.89 bits per heavy atom. The smallest absolute Gasteiger partial charge is 0.257 e. The molecule has 0 bridgehead atoms. The highest BCUT2D eigenvalue weighted by Gasteiger charge is 2.13. The molecule has 0 unspecified atom stereocenters. The van der Waals surface area contributed by atoms with E-state index in [-0.39, 0.29) is 11.5 Å². The number of carbonyl (C=O) groups excluding carboxylic acids is 1. The molecule has 2 N–H and O–H groups in total. The van der Waals surface area contributed by atoms with Crippen molar-refractivity contribution in [1.29, 1.82) is 0 Å². The first-order valence-electron chi connectivity index (χ1n) is 8.50. The summed E-state index contributed by atoms with van der Waals surface area (Å²) in [5.41, 5.74) is 2.35. The second-order valence-electron chi connectivity index (χ2n) is 5.98. The molecule has 0 saturated carbocycles. The summed E-state index contributed by atoms with van der Waals surface area (Å²) in [7, 11) is 0. The zero-order valence-corrected chi connectivity index (χ0v) is 14.6. The Balaban J connectivity index is 1.53. The number of H-pyrrole nitrogens is 1. The number of para-hydroxylation sites is 1. The van der Waals surface area contributed by atoms with E-state index in [0.29, 0.717) is 29.4 Å². The Bertz CT molecular complexity index is 1150. The lowest BCUT2D eigenvalue weighted by molar-refractivity contribution is 0.102. The Kier molecular flexibility index (Phi) is 4.75. The molecule has 0 spiro atoms. The Hall–Kier alpha value is -4.07. The summed E-state index contributed by atoms with van der Waals surface area (Å²) in [6.45, 7) is 0. The number of aromatic nitrogens is 4. The quantitative estimate of drug-likeness (QED) is 0.556. The van der Waals surface area contributed by atoms with Crippen molar-refractivity contribution in [2.75, 3.05) is 5.32 Å². The topological polar surface area (TPSA) is 114 Å². The van der Waals surface area contributed by atoms with Gasteiger partial charge in [-0.05, 0) is 29.8 Å². The zero-order valence-electron chi connectivity index (χ0n) is 14.6. The monoisotopic (exact) mass is 373 g/mol. The molecule has 3 aromatic heterocycles. The highest BCUT2D eigenvalue weighted by atomic mass is 16.5. The van der Waals surface area contributed by atoms with E-state index in [0.717, 1.165) is 11.1 Å². The van der Waals surface area contributed by atoms with Crippen LogP contribution in [0, 0.1) is 0 Å². The fraction of sp³-hybridized carbons (Fsp3) is 0.0500. The molecule has 0 aliphatic rings. The molecule has 138 valence electrons. The third-order valence-electron chi connectivity index (χ3n) is 4.06. The first-order valence-corrected chi connectivity index (χ1v) is 8.50. The number of aromatic amines is 1. The summed E-state index contributed by atoms with van der Waals surface area (Å²) in [5, 5.41) is 6.84. The number of rotatable bonds is 5. The summed E-state index contributed by atoms with van der Waals surface area (Å²) < 4.78 is 5.35. The molecule has 4 rings (SSSR count). The van der Waals surface area contributed by atoms with E-state index in [2.05, 4.69) is 25.4 Å². The molecular formula is C20H15N5O3. The van der Waals surface area contributed by atoms with Gasteiger partial charge in [-0.1, -0.05) is 23.4 Å². The van der Waals surface area contributed by atoms with Crippen molar-refractivity contribution < 1.29 is 9.32 Å². The van der Waals surface area contributed by atoms with Crippen LogP contribution in [0.25, 0.3) is 11.4 Å². The maximum Gasteiger partial charge on any atom is 0.257 e. The second kappa shape index (κ2) is 7.67. The standard InChI is InChI=1S/C20H15N5O3/c26-17-6-5-15(12-22-17)20(27)23-16-4-2-1-3-14(16)11-18-24-19(25-28-18)13-7-9-21-10-8-13/h1-10,12H,11H2,(H,22,26)(H,23,27). The van der Waals surface area contributed by atoms with Crippen molar-refractivity contribution in [3.63, 3.8) is 0 Å². The highest BCUT2D eigenvalue weighted by Crippen LogP contribution is 2.21. The van der Waals surface area contributed by atoms with E-state index in [1.165, 1.54) is 18.3 Å². The van der Waals surface area contributed by atoms with Crippen LogP contribution in [0.5, 0.6) is 0 Å². The molecule has 1 aromatic carbocycles. The summed E-state index contributed by atoms with van der Waals surface area (Å²) in [4.78, 5) is 34.4. The van der Waals surface area contributed by atoms with Gasteiger partial charge in [0.2, 0.25) is 17.3 Å². The Morgan fingerprint density at radius 3 is 2.68 bits per heavy atom. The molecule has 0 radical (unpaired) electrons. The molecule has 0 fully saturated rings. The number of nitrogens with one attached hydrogen (secondary N) is 2. The van der Waals surface area contributed by atoms with Crippen LogP contribution in [0.2, 0.25) is 0 Å². The van der Waals surface area contributed by atoms with E-state index in [1.807, 2.05) is 18.2 Å².